The van der Waals surface area contributed by atoms with Gasteiger partial charge in [-0.15, -0.1) is 0 Å². The van der Waals surface area contributed by atoms with Crippen molar-refractivity contribution in [2.45, 2.75) is 32.4 Å². The molecule has 1 heterocycles. The van der Waals surface area contributed by atoms with Crippen molar-refractivity contribution in [2.75, 3.05) is 6.61 Å². The number of hydrazine groups is 1. The summed E-state index contributed by atoms with van der Waals surface area (Å²) >= 11 is 3.43. The molecular formula is C14H19BrN2O3. The lowest BCUT2D eigenvalue weighted by Crippen LogP contribution is -2.30. The number of carboxylic acid groups (broad SMARTS) is 1. The van der Waals surface area contributed by atoms with Crippen molar-refractivity contribution in [3.63, 3.8) is 0 Å². The zero-order chi connectivity index (χ0) is 14.7. The van der Waals surface area contributed by atoms with Gasteiger partial charge in [-0.1, -0.05) is 22.9 Å². The van der Waals surface area contributed by atoms with E-state index in [0.29, 0.717) is 6.61 Å². The fraction of sp³-hybridized carbons (Fsp3) is 0.500. The SMILES string of the molecule is CCCOc1ccc(Br)cc1C1NNC(C)C1C(=O)O. The summed E-state index contributed by atoms with van der Waals surface area (Å²) in [4.78, 5) is 11.5. The number of hydrogen-bond acceptors (Lipinski definition) is 4. The van der Waals surface area contributed by atoms with E-state index in [1.54, 1.807) is 0 Å². The summed E-state index contributed by atoms with van der Waals surface area (Å²) in [5, 5.41) is 9.42. The number of benzene rings is 1. The molecule has 20 heavy (non-hydrogen) atoms. The van der Waals surface area contributed by atoms with E-state index >= 15 is 0 Å². The van der Waals surface area contributed by atoms with E-state index in [1.807, 2.05) is 32.0 Å². The molecule has 1 fully saturated rings. The van der Waals surface area contributed by atoms with Crippen molar-refractivity contribution in [3.8, 4) is 5.75 Å². The highest BCUT2D eigenvalue weighted by atomic mass is 79.9. The Balaban J connectivity index is 2.34. The number of carbonyl (C=O) groups is 1. The summed E-state index contributed by atoms with van der Waals surface area (Å²) in [5.41, 5.74) is 6.93. The largest absolute Gasteiger partial charge is 0.493 e. The van der Waals surface area contributed by atoms with Crippen LogP contribution in [0, 0.1) is 5.92 Å². The van der Waals surface area contributed by atoms with Crippen molar-refractivity contribution in [1.82, 2.24) is 10.9 Å². The van der Waals surface area contributed by atoms with Crippen LogP contribution in [0.5, 0.6) is 5.75 Å². The first-order valence-electron chi connectivity index (χ1n) is 6.70. The Labute approximate surface area is 126 Å². The third-order valence-electron chi connectivity index (χ3n) is 3.42. The maximum absolute atomic E-state index is 11.5. The zero-order valence-corrected chi connectivity index (χ0v) is 13.1. The second-order valence-electron chi connectivity index (χ2n) is 4.95. The second kappa shape index (κ2) is 6.56. The predicted octanol–water partition coefficient (Wildman–Crippen LogP) is 2.48. The first kappa shape index (κ1) is 15.3. The molecule has 1 saturated heterocycles. The fourth-order valence-electron chi connectivity index (χ4n) is 2.42. The highest BCUT2D eigenvalue weighted by Crippen LogP contribution is 2.36. The normalized spacial score (nSPS) is 25.6. The molecule has 3 unspecified atom stereocenters. The third-order valence-corrected chi connectivity index (χ3v) is 3.91. The van der Waals surface area contributed by atoms with E-state index in [-0.39, 0.29) is 12.1 Å². The van der Waals surface area contributed by atoms with Crippen LogP contribution in [-0.4, -0.2) is 23.7 Å². The van der Waals surface area contributed by atoms with Crippen LogP contribution in [0.1, 0.15) is 31.9 Å². The van der Waals surface area contributed by atoms with Gasteiger partial charge in [-0.2, -0.15) is 0 Å². The van der Waals surface area contributed by atoms with Crippen molar-refractivity contribution >= 4 is 21.9 Å². The molecule has 3 N–H and O–H groups in total. The standard InChI is InChI=1S/C14H19BrN2O3/c1-3-6-20-11-5-4-9(15)7-10(11)13-12(14(18)19)8(2)16-17-13/h4-5,7-8,12-13,16-17H,3,6H2,1-2H3,(H,18,19). The van der Waals surface area contributed by atoms with Crippen LogP contribution in [0.15, 0.2) is 22.7 Å². The van der Waals surface area contributed by atoms with E-state index in [2.05, 4.69) is 26.8 Å². The smallest absolute Gasteiger partial charge is 0.310 e. The lowest BCUT2D eigenvalue weighted by Gasteiger charge is -2.20. The Morgan fingerprint density at radius 1 is 1.45 bits per heavy atom. The molecule has 0 aliphatic carbocycles. The van der Waals surface area contributed by atoms with Gasteiger partial charge in [0.1, 0.15) is 5.75 Å². The molecule has 3 atom stereocenters. The van der Waals surface area contributed by atoms with Gasteiger partial charge in [0.15, 0.2) is 0 Å². The monoisotopic (exact) mass is 342 g/mol. The molecule has 2 rings (SSSR count). The zero-order valence-electron chi connectivity index (χ0n) is 11.5. The van der Waals surface area contributed by atoms with Crippen molar-refractivity contribution < 1.29 is 14.6 Å². The van der Waals surface area contributed by atoms with E-state index < -0.39 is 11.9 Å². The molecule has 5 nitrogen and oxygen atoms in total. The topological polar surface area (TPSA) is 70.6 Å². The van der Waals surface area contributed by atoms with Gasteiger partial charge in [0.05, 0.1) is 18.6 Å². The molecule has 1 aliphatic heterocycles. The Hall–Kier alpha value is -1.11. The van der Waals surface area contributed by atoms with Gasteiger partial charge < -0.3 is 9.84 Å². The Morgan fingerprint density at radius 2 is 2.20 bits per heavy atom. The quantitative estimate of drug-likeness (QED) is 0.766. The molecule has 0 radical (unpaired) electrons. The highest BCUT2D eigenvalue weighted by molar-refractivity contribution is 9.10. The number of carboxylic acids is 1. The Kier molecular flexibility index (Phi) is 5.01. The van der Waals surface area contributed by atoms with Crippen LogP contribution in [0.2, 0.25) is 0 Å². The summed E-state index contributed by atoms with van der Waals surface area (Å²) < 4.78 is 6.64. The molecule has 0 saturated carbocycles. The van der Waals surface area contributed by atoms with Gasteiger partial charge in [0.2, 0.25) is 0 Å². The number of aliphatic carboxylic acids is 1. The average molecular weight is 343 g/mol. The molecular weight excluding hydrogens is 324 g/mol. The lowest BCUT2D eigenvalue weighted by molar-refractivity contribution is -0.142. The van der Waals surface area contributed by atoms with Crippen molar-refractivity contribution in [2.24, 2.45) is 5.92 Å². The van der Waals surface area contributed by atoms with Crippen LogP contribution in [0.4, 0.5) is 0 Å². The summed E-state index contributed by atoms with van der Waals surface area (Å²) in [6, 6.07) is 5.23. The van der Waals surface area contributed by atoms with E-state index in [4.69, 9.17) is 4.74 Å². The lowest BCUT2D eigenvalue weighted by atomic mass is 9.90. The van der Waals surface area contributed by atoms with Gasteiger partial charge in [-0.05, 0) is 31.5 Å². The molecule has 0 aromatic heterocycles. The number of halogens is 1. The maximum Gasteiger partial charge on any atom is 0.310 e. The maximum atomic E-state index is 11.5. The molecule has 1 aromatic carbocycles. The van der Waals surface area contributed by atoms with Crippen LogP contribution in [0.25, 0.3) is 0 Å². The van der Waals surface area contributed by atoms with Crippen molar-refractivity contribution in [1.29, 1.82) is 0 Å². The number of hydrogen-bond donors (Lipinski definition) is 3. The predicted molar refractivity (Wildman–Crippen MR) is 79.5 cm³/mol. The van der Waals surface area contributed by atoms with E-state index in [1.165, 1.54) is 0 Å². The van der Waals surface area contributed by atoms with Gasteiger partial charge in [-0.25, -0.2) is 5.43 Å². The minimum Gasteiger partial charge on any atom is -0.493 e. The van der Waals surface area contributed by atoms with Crippen LogP contribution in [0.3, 0.4) is 0 Å². The van der Waals surface area contributed by atoms with Crippen LogP contribution >= 0.6 is 15.9 Å². The highest BCUT2D eigenvalue weighted by Gasteiger charge is 2.40. The second-order valence-corrected chi connectivity index (χ2v) is 5.87. The molecule has 0 amide bonds. The first-order chi connectivity index (χ1) is 9.54. The third kappa shape index (κ3) is 3.13. The minimum atomic E-state index is -0.818. The van der Waals surface area contributed by atoms with E-state index in [0.717, 1.165) is 22.2 Å². The average Bonchev–Trinajstić information content (AvgIpc) is 2.79. The molecule has 0 spiro atoms. The van der Waals surface area contributed by atoms with E-state index in [9.17, 15) is 9.90 Å². The van der Waals surface area contributed by atoms with Crippen molar-refractivity contribution in [3.05, 3.63) is 28.2 Å². The molecule has 1 aliphatic rings. The summed E-state index contributed by atoms with van der Waals surface area (Å²) in [7, 11) is 0. The number of nitrogens with one attached hydrogen (secondary N) is 2. The van der Waals surface area contributed by atoms with Gasteiger partial charge in [0.25, 0.3) is 0 Å². The van der Waals surface area contributed by atoms with Crippen LogP contribution < -0.4 is 15.6 Å². The number of rotatable bonds is 5. The molecule has 0 bridgehead atoms. The van der Waals surface area contributed by atoms with Gasteiger partial charge in [-0.3, -0.25) is 10.2 Å². The minimum absolute atomic E-state index is 0.143. The van der Waals surface area contributed by atoms with Gasteiger partial charge in [0, 0.05) is 16.1 Å². The molecule has 110 valence electrons. The number of ether oxygens (including phenoxy) is 1. The summed E-state index contributed by atoms with van der Waals surface area (Å²) in [6.07, 6.45) is 0.907. The van der Waals surface area contributed by atoms with Gasteiger partial charge >= 0.3 is 5.97 Å². The molecule has 1 aromatic rings. The summed E-state index contributed by atoms with van der Waals surface area (Å²) in [6.45, 7) is 4.51. The summed E-state index contributed by atoms with van der Waals surface area (Å²) in [5.74, 6) is -0.621. The first-order valence-corrected chi connectivity index (χ1v) is 7.50. The Morgan fingerprint density at radius 3 is 2.85 bits per heavy atom. The Bertz CT molecular complexity index is 495. The fourth-order valence-corrected chi connectivity index (χ4v) is 2.80. The molecule has 6 heteroatoms. The van der Waals surface area contributed by atoms with Crippen LogP contribution in [-0.2, 0) is 4.79 Å².